The van der Waals surface area contributed by atoms with Crippen LogP contribution in [0.1, 0.15) is 19.6 Å². The van der Waals surface area contributed by atoms with Crippen molar-refractivity contribution < 1.29 is 9.21 Å². The molecule has 2 N–H and O–H groups in total. The Labute approximate surface area is 107 Å². The Morgan fingerprint density at radius 2 is 2.29 bits per heavy atom. The molecule has 0 aromatic carbocycles. The predicted octanol–water partition coefficient (Wildman–Crippen LogP) is 1.71. The maximum Gasteiger partial charge on any atom is 0.232 e. The zero-order chi connectivity index (χ0) is 12.9. The summed E-state index contributed by atoms with van der Waals surface area (Å²) >= 11 is 1.56. The predicted molar refractivity (Wildman–Crippen MR) is 70.8 cm³/mol. The quantitative estimate of drug-likeness (QED) is 0.841. The number of amides is 1. The lowest BCUT2D eigenvalue weighted by Crippen LogP contribution is -2.36. The molecule has 17 heavy (non-hydrogen) atoms. The van der Waals surface area contributed by atoms with Crippen molar-refractivity contribution in [3.63, 3.8) is 0 Å². The molecule has 1 aromatic rings. The number of carbonyl (C=O) groups excluding carboxylic acids is 1. The molecule has 1 heterocycles. The van der Waals surface area contributed by atoms with Gasteiger partial charge >= 0.3 is 0 Å². The Morgan fingerprint density at radius 1 is 1.59 bits per heavy atom. The van der Waals surface area contributed by atoms with Gasteiger partial charge in [0.25, 0.3) is 0 Å². The Balaban J connectivity index is 2.28. The molecule has 0 radical (unpaired) electrons. The maximum atomic E-state index is 11.8. The van der Waals surface area contributed by atoms with Gasteiger partial charge in [0, 0.05) is 18.3 Å². The third-order valence-electron chi connectivity index (χ3n) is 2.10. The van der Waals surface area contributed by atoms with Crippen molar-refractivity contribution in [2.75, 3.05) is 18.6 Å². The van der Waals surface area contributed by atoms with Gasteiger partial charge in [-0.05, 0) is 26.0 Å². The smallest absolute Gasteiger partial charge is 0.232 e. The van der Waals surface area contributed by atoms with Crippen LogP contribution in [0.25, 0.3) is 0 Å². The van der Waals surface area contributed by atoms with Crippen LogP contribution in [0, 0.1) is 0 Å². The van der Waals surface area contributed by atoms with E-state index < -0.39 is 0 Å². The van der Waals surface area contributed by atoms with Gasteiger partial charge in [-0.25, -0.2) is 0 Å². The first-order valence-corrected chi connectivity index (χ1v) is 6.67. The zero-order valence-corrected chi connectivity index (χ0v) is 11.4. The Kier molecular flexibility index (Phi) is 5.08. The molecule has 4 nitrogen and oxygen atoms in total. The lowest BCUT2D eigenvalue weighted by Gasteiger charge is -2.19. The number of hydrogen-bond donors (Lipinski definition) is 1. The molecule has 96 valence electrons. The third kappa shape index (κ3) is 5.79. The fraction of sp³-hybridized carbons (Fsp3) is 0.583. The van der Waals surface area contributed by atoms with E-state index in [2.05, 4.69) is 0 Å². The Bertz CT molecular complexity index is 344. The molecule has 5 heteroatoms. The summed E-state index contributed by atoms with van der Waals surface area (Å²) in [4.78, 5) is 13.4. The molecule has 0 unspecified atom stereocenters. The van der Waals surface area contributed by atoms with Crippen LogP contribution in [0.2, 0.25) is 0 Å². The average molecular weight is 256 g/mol. The lowest BCUT2D eigenvalue weighted by atomic mass is 10.1. The number of carbonyl (C=O) groups is 1. The lowest BCUT2D eigenvalue weighted by molar-refractivity contribution is -0.127. The van der Waals surface area contributed by atoms with Gasteiger partial charge in [-0.1, -0.05) is 0 Å². The summed E-state index contributed by atoms with van der Waals surface area (Å²) in [6, 6.07) is 3.68. The highest BCUT2D eigenvalue weighted by atomic mass is 32.2. The summed E-state index contributed by atoms with van der Waals surface area (Å²) in [5.41, 5.74) is 5.62. The van der Waals surface area contributed by atoms with E-state index in [4.69, 9.17) is 10.2 Å². The standard InChI is InChI=1S/C12H20N2O2S/c1-12(2,13)9-17-8-11(15)14(3)7-10-5-4-6-16-10/h4-6H,7-9,13H2,1-3H3. The van der Waals surface area contributed by atoms with E-state index in [9.17, 15) is 4.79 Å². The summed E-state index contributed by atoms with van der Waals surface area (Å²) in [5, 5.41) is 0. The molecule has 1 rings (SSSR count). The van der Waals surface area contributed by atoms with E-state index in [1.807, 2.05) is 26.0 Å². The van der Waals surface area contributed by atoms with E-state index in [1.54, 1.807) is 30.0 Å². The molecule has 0 atom stereocenters. The molecule has 1 aromatic heterocycles. The molecule has 0 spiro atoms. The first-order chi connectivity index (χ1) is 7.88. The molecule has 0 saturated heterocycles. The number of nitrogens with zero attached hydrogens (tertiary/aromatic N) is 1. The second kappa shape index (κ2) is 6.12. The molecule has 0 aliphatic rings. The normalized spacial score (nSPS) is 11.5. The first-order valence-electron chi connectivity index (χ1n) is 5.51. The molecule has 0 bridgehead atoms. The molecule has 0 aliphatic carbocycles. The van der Waals surface area contributed by atoms with E-state index in [0.29, 0.717) is 12.3 Å². The molecular formula is C12H20N2O2S. The van der Waals surface area contributed by atoms with Crippen LogP contribution in [0.4, 0.5) is 0 Å². The highest BCUT2D eigenvalue weighted by molar-refractivity contribution is 8.00. The van der Waals surface area contributed by atoms with Crippen LogP contribution < -0.4 is 5.73 Å². The highest BCUT2D eigenvalue weighted by Crippen LogP contribution is 2.11. The molecular weight excluding hydrogens is 236 g/mol. The number of rotatable bonds is 6. The topological polar surface area (TPSA) is 59.5 Å². The number of furan rings is 1. The van der Waals surface area contributed by atoms with E-state index in [0.717, 1.165) is 11.5 Å². The van der Waals surface area contributed by atoms with Crippen molar-refractivity contribution in [1.29, 1.82) is 0 Å². The van der Waals surface area contributed by atoms with Crippen LogP contribution in [-0.2, 0) is 11.3 Å². The Morgan fingerprint density at radius 3 is 2.82 bits per heavy atom. The molecule has 0 aliphatic heterocycles. The van der Waals surface area contributed by atoms with E-state index >= 15 is 0 Å². The zero-order valence-electron chi connectivity index (χ0n) is 10.6. The summed E-state index contributed by atoms with van der Waals surface area (Å²) in [6.07, 6.45) is 1.61. The highest BCUT2D eigenvalue weighted by Gasteiger charge is 2.14. The van der Waals surface area contributed by atoms with Crippen LogP contribution >= 0.6 is 11.8 Å². The third-order valence-corrected chi connectivity index (χ3v) is 3.50. The monoisotopic (exact) mass is 256 g/mol. The molecule has 1 amide bonds. The van der Waals surface area contributed by atoms with Crippen molar-refractivity contribution in [3.05, 3.63) is 24.2 Å². The maximum absolute atomic E-state index is 11.8. The second-order valence-electron chi connectivity index (χ2n) is 4.81. The van der Waals surface area contributed by atoms with Crippen LogP contribution in [-0.4, -0.2) is 34.9 Å². The SMILES string of the molecule is CN(Cc1ccco1)C(=O)CSCC(C)(C)N. The molecule has 0 fully saturated rings. The van der Waals surface area contributed by atoms with Gasteiger partial charge in [0.15, 0.2) is 0 Å². The van der Waals surface area contributed by atoms with Crippen molar-refractivity contribution in [1.82, 2.24) is 4.90 Å². The summed E-state index contributed by atoms with van der Waals surface area (Å²) in [7, 11) is 1.78. The van der Waals surface area contributed by atoms with Crippen molar-refractivity contribution >= 4 is 17.7 Å². The van der Waals surface area contributed by atoms with Gasteiger partial charge in [0.1, 0.15) is 5.76 Å². The van der Waals surface area contributed by atoms with Crippen LogP contribution in [0.5, 0.6) is 0 Å². The van der Waals surface area contributed by atoms with Crippen LogP contribution in [0.15, 0.2) is 22.8 Å². The summed E-state index contributed by atoms with van der Waals surface area (Å²) in [5.74, 6) is 2.12. The van der Waals surface area contributed by atoms with Gasteiger partial charge in [0.05, 0.1) is 18.6 Å². The number of nitrogens with two attached hydrogens (primary N) is 1. The summed E-state index contributed by atoms with van der Waals surface area (Å²) in [6.45, 7) is 4.42. The van der Waals surface area contributed by atoms with Gasteiger partial charge in [0.2, 0.25) is 5.91 Å². The van der Waals surface area contributed by atoms with Crippen molar-refractivity contribution in [2.24, 2.45) is 5.73 Å². The average Bonchev–Trinajstić information content (AvgIpc) is 2.68. The number of thioether (sulfide) groups is 1. The first kappa shape index (κ1) is 14.1. The Hall–Kier alpha value is -0.940. The van der Waals surface area contributed by atoms with Crippen molar-refractivity contribution in [3.8, 4) is 0 Å². The minimum atomic E-state index is -0.232. The fourth-order valence-corrected chi connectivity index (χ4v) is 2.26. The second-order valence-corrected chi connectivity index (χ2v) is 5.80. The fourth-order valence-electron chi connectivity index (χ4n) is 1.24. The van der Waals surface area contributed by atoms with Gasteiger partial charge in [-0.3, -0.25) is 4.79 Å². The van der Waals surface area contributed by atoms with Gasteiger partial charge < -0.3 is 15.1 Å². The minimum Gasteiger partial charge on any atom is -0.467 e. The van der Waals surface area contributed by atoms with Gasteiger partial charge in [-0.15, -0.1) is 0 Å². The van der Waals surface area contributed by atoms with E-state index in [-0.39, 0.29) is 11.4 Å². The number of hydrogen-bond acceptors (Lipinski definition) is 4. The minimum absolute atomic E-state index is 0.0932. The summed E-state index contributed by atoms with van der Waals surface area (Å²) < 4.78 is 5.19. The van der Waals surface area contributed by atoms with Gasteiger partial charge in [-0.2, -0.15) is 11.8 Å². The largest absolute Gasteiger partial charge is 0.467 e. The van der Waals surface area contributed by atoms with Crippen molar-refractivity contribution in [2.45, 2.75) is 25.9 Å². The van der Waals surface area contributed by atoms with E-state index in [1.165, 1.54) is 0 Å². The van der Waals surface area contributed by atoms with Crippen LogP contribution in [0.3, 0.4) is 0 Å². The molecule has 0 saturated carbocycles.